The van der Waals surface area contributed by atoms with Crippen molar-refractivity contribution in [3.63, 3.8) is 0 Å². The first-order valence-corrected chi connectivity index (χ1v) is 18.9. The number of hydrogen-bond donors (Lipinski definition) is 2. The number of ether oxygens (including phenoxy) is 3. The molecule has 13 heteroatoms. The van der Waals surface area contributed by atoms with Gasteiger partial charge in [-0.25, -0.2) is 13.8 Å². The van der Waals surface area contributed by atoms with Crippen molar-refractivity contribution >= 4 is 51.4 Å². The normalized spacial score (nSPS) is 22.0. The minimum Gasteiger partial charge on any atom is -0.444 e. The van der Waals surface area contributed by atoms with Crippen molar-refractivity contribution in [1.29, 1.82) is 0 Å². The van der Waals surface area contributed by atoms with Crippen LogP contribution in [0.15, 0.2) is 72.8 Å². The molecule has 1 saturated carbocycles. The number of carbonyl (C=O) groups excluding carboxylic acids is 2. The van der Waals surface area contributed by atoms with Crippen LogP contribution in [0.5, 0.6) is 11.5 Å². The number of benzene rings is 4. The average molecular weight is 764 g/mol. The summed E-state index contributed by atoms with van der Waals surface area (Å²) in [6, 6.07) is 18.6. The molecule has 5 aromatic rings. The standard InChI is InChI=1S/C42H36ClF2N5O5/c1-41(29-7-5-25(43)19-31(29)44)54-35-4-2-3-28(38(35)55-41)23-9-14-49(15-10-23)22-36-47-33-20-26(6-8-34(33)50(36)21-27-11-16-53-27)46-39(51)24-17-30-37(32(45)18-24)48-40(52)42(30)12-13-42/h2-9,17-20,27H,10-16,21-22H2,1H3,(H,46,51)(H,48,52)/t27-,41?/m0/s1. The van der Waals surface area contributed by atoms with E-state index in [1.54, 1.807) is 25.1 Å². The first-order chi connectivity index (χ1) is 26.6. The quantitative estimate of drug-likeness (QED) is 0.165. The third-order valence-electron chi connectivity index (χ3n) is 11.6. The van der Waals surface area contributed by atoms with E-state index in [9.17, 15) is 18.4 Å². The zero-order chi connectivity index (χ0) is 37.6. The van der Waals surface area contributed by atoms with Gasteiger partial charge in [-0.05, 0) is 91.4 Å². The molecular weight excluding hydrogens is 728 g/mol. The largest absolute Gasteiger partial charge is 0.444 e. The highest BCUT2D eigenvalue weighted by Gasteiger charge is 2.57. The third kappa shape index (κ3) is 5.77. The molecule has 10 rings (SSSR count). The van der Waals surface area contributed by atoms with E-state index in [1.165, 1.54) is 12.1 Å². The van der Waals surface area contributed by atoms with Crippen LogP contribution in [-0.2, 0) is 33.8 Å². The number of amides is 2. The fraction of sp³-hybridized carbons (Fsp3) is 0.310. The average Bonchev–Trinajstić information content (AvgIpc) is 3.68. The summed E-state index contributed by atoms with van der Waals surface area (Å²) in [5, 5.41) is 5.86. The highest BCUT2D eigenvalue weighted by Crippen LogP contribution is 2.56. The second-order valence-corrected chi connectivity index (χ2v) is 15.6. The van der Waals surface area contributed by atoms with E-state index in [0.29, 0.717) is 60.2 Å². The zero-order valence-corrected chi connectivity index (χ0v) is 30.6. The van der Waals surface area contributed by atoms with Gasteiger partial charge in [-0.3, -0.25) is 14.5 Å². The molecule has 1 aliphatic carbocycles. The molecule has 2 N–H and O–H groups in total. The first-order valence-electron chi connectivity index (χ1n) is 18.5. The number of para-hydroxylation sites is 1. The number of rotatable bonds is 8. The van der Waals surface area contributed by atoms with Crippen LogP contribution in [0.3, 0.4) is 0 Å². The van der Waals surface area contributed by atoms with Crippen LogP contribution in [0.25, 0.3) is 16.6 Å². The molecule has 1 saturated heterocycles. The Bertz CT molecular complexity index is 2490. The number of nitrogens with zero attached hydrogens (tertiary/aromatic N) is 3. The monoisotopic (exact) mass is 763 g/mol. The van der Waals surface area contributed by atoms with Crippen molar-refractivity contribution in [2.75, 3.05) is 30.3 Å². The number of hydrogen-bond acceptors (Lipinski definition) is 7. The van der Waals surface area contributed by atoms with Gasteiger partial charge >= 0.3 is 0 Å². The molecule has 5 heterocycles. The summed E-state index contributed by atoms with van der Waals surface area (Å²) in [6.45, 7) is 5.14. The molecule has 1 aromatic heterocycles. The lowest BCUT2D eigenvalue weighted by atomic mass is 9.95. The predicted molar refractivity (Wildman–Crippen MR) is 202 cm³/mol. The Balaban J connectivity index is 0.874. The Hall–Kier alpha value is -5.30. The molecule has 2 amide bonds. The number of imidazole rings is 1. The van der Waals surface area contributed by atoms with Crippen molar-refractivity contribution in [3.8, 4) is 11.5 Å². The molecular formula is C42H36ClF2N5O5. The molecule has 4 aromatic carbocycles. The second kappa shape index (κ2) is 12.6. The molecule has 55 heavy (non-hydrogen) atoms. The van der Waals surface area contributed by atoms with E-state index >= 15 is 0 Å². The van der Waals surface area contributed by atoms with E-state index in [-0.39, 0.29) is 28.8 Å². The molecule has 1 spiro atoms. The molecule has 10 nitrogen and oxygen atoms in total. The van der Waals surface area contributed by atoms with E-state index in [4.69, 9.17) is 30.8 Å². The number of halogens is 3. The summed E-state index contributed by atoms with van der Waals surface area (Å²) in [5.74, 6) is -1.08. The van der Waals surface area contributed by atoms with Crippen LogP contribution in [0.2, 0.25) is 5.02 Å². The Kier molecular flexibility index (Phi) is 7.85. The maximum atomic E-state index is 15.0. The summed E-state index contributed by atoms with van der Waals surface area (Å²) in [6.07, 6.45) is 5.31. The van der Waals surface area contributed by atoms with Gasteiger partial charge in [0.05, 0.1) is 46.9 Å². The highest BCUT2D eigenvalue weighted by atomic mass is 35.5. The second-order valence-electron chi connectivity index (χ2n) is 15.1. The summed E-state index contributed by atoms with van der Waals surface area (Å²) in [7, 11) is 0. The topological polar surface area (TPSA) is 107 Å². The minimum atomic E-state index is -1.33. The lowest BCUT2D eigenvalue weighted by Crippen LogP contribution is -2.33. The van der Waals surface area contributed by atoms with Gasteiger partial charge in [-0.2, -0.15) is 0 Å². The van der Waals surface area contributed by atoms with E-state index in [0.717, 1.165) is 54.0 Å². The van der Waals surface area contributed by atoms with Crippen LogP contribution >= 0.6 is 11.6 Å². The lowest BCUT2D eigenvalue weighted by Gasteiger charge is -2.29. The molecule has 1 unspecified atom stereocenters. The van der Waals surface area contributed by atoms with Crippen molar-refractivity contribution < 1.29 is 32.6 Å². The van der Waals surface area contributed by atoms with Gasteiger partial charge in [0.15, 0.2) is 11.5 Å². The SMILES string of the molecule is CC1(c2ccc(Cl)cc2F)Oc2cccc(C3=CCN(Cc4nc5cc(NC(=O)c6cc(F)c7c(c6)C6(CC6)C(=O)N7)ccc5n4C[C@@H]4CCO4)CC3)c2O1. The van der Waals surface area contributed by atoms with Gasteiger partial charge in [0.1, 0.15) is 17.5 Å². The fourth-order valence-electron chi connectivity index (χ4n) is 8.28. The summed E-state index contributed by atoms with van der Waals surface area (Å²) in [5.41, 5.74) is 4.68. The summed E-state index contributed by atoms with van der Waals surface area (Å²) < 4.78 is 50.5. The van der Waals surface area contributed by atoms with Crippen LogP contribution in [-0.4, -0.2) is 52.1 Å². The van der Waals surface area contributed by atoms with Crippen molar-refractivity contribution in [2.24, 2.45) is 0 Å². The fourth-order valence-corrected chi connectivity index (χ4v) is 8.44. The van der Waals surface area contributed by atoms with Gasteiger partial charge in [0, 0.05) is 48.5 Å². The molecule has 0 radical (unpaired) electrons. The number of fused-ring (bicyclic) bond motifs is 4. The smallest absolute Gasteiger partial charge is 0.278 e. The van der Waals surface area contributed by atoms with Crippen LogP contribution in [0.4, 0.5) is 20.2 Å². The first kappa shape index (κ1) is 34.2. The van der Waals surface area contributed by atoms with Gasteiger partial charge in [-0.1, -0.05) is 29.8 Å². The Morgan fingerprint density at radius 3 is 2.65 bits per heavy atom. The maximum Gasteiger partial charge on any atom is 0.278 e. The Labute approximate surface area is 320 Å². The summed E-state index contributed by atoms with van der Waals surface area (Å²) in [4.78, 5) is 33.2. The number of aromatic nitrogens is 2. The zero-order valence-electron chi connectivity index (χ0n) is 29.9. The van der Waals surface area contributed by atoms with Gasteiger partial charge < -0.3 is 29.4 Å². The van der Waals surface area contributed by atoms with Gasteiger partial charge in [0.2, 0.25) is 5.91 Å². The minimum absolute atomic E-state index is 0.101. The Morgan fingerprint density at radius 2 is 1.91 bits per heavy atom. The number of nitrogens with one attached hydrogen (secondary N) is 2. The van der Waals surface area contributed by atoms with Gasteiger partial charge in [0.25, 0.3) is 11.7 Å². The molecule has 2 atom stereocenters. The van der Waals surface area contributed by atoms with Crippen LogP contribution in [0.1, 0.15) is 65.5 Å². The Morgan fingerprint density at radius 1 is 1.05 bits per heavy atom. The molecule has 5 aliphatic rings. The number of anilines is 2. The maximum absolute atomic E-state index is 15.0. The van der Waals surface area contributed by atoms with Crippen LogP contribution in [0, 0.1) is 11.6 Å². The van der Waals surface area contributed by atoms with Crippen molar-refractivity contribution in [2.45, 2.75) is 63.0 Å². The van der Waals surface area contributed by atoms with Crippen molar-refractivity contribution in [1.82, 2.24) is 14.5 Å². The third-order valence-corrected chi connectivity index (χ3v) is 11.8. The number of carbonyl (C=O) groups is 2. The molecule has 4 aliphatic heterocycles. The lowest BCUT2D eigenvalue weighted by molar-refractivity contribution is -0.117. The van der Waals surface area contributed by atoms with E-state index < -0.39 is 28.7 Å². The predicted octanol–water partition coefficient (Wildman–Crippen LogP) is 7.93. The molecule has 2 fully saturated rings. The van der Waals surface area contributed by atoms with Crippen molar-refractivity contribution in [3.05, 3.63) is 118 Å². The van der Waals surface area contributed by atoms with Gasteiger partial charge in [-0.15, -0.1) is 0 Å². The van der Waals surface area contributed by atoms with Crippen LogP contribution < -0.4 is 20.1 Å². The van der Waals surface area contributed by atoms with E-state index in [2.05, 4.69) is 26.2 Å². The molecule has 280 valence electrons. The summed E-state index contributed by atoms with van der Waals surface area (Å²) >= 11 is 6.00. The highest BCUT2D eigenvalue weighted by molar-refractivity contribution is 6.30. The molecule has 0 bridgehead atoms. The van der Waals surface area contributed by atoms with E-state index in [1.807, 2.05) is 36.4 Å².